The summed E-state index contributed by atoms with van der Waals surface area (Å²) in [7, 11) is 1.62. The lowest BCUT2D eigenvalue weighted by Gasteiger charge is -2.14. The van der Waals surface area contributed by atoms with Crippen molar-refractivity contribution >= 4 is 0 Å². The predicted octanol–water partition coefficient (Wildman–Crippen LogP) is 2.25. The Balaban J connectivity index is 1.96. The number of methoxy groups -OCH3 is 1. The molecule has 0 aliphatic rings. The average molecular weight is 259 g/mol. The number of aliphatic hydroxyl groups excluding tert-OH is 1. The fraction of sp³-hybridized carbons (Fsp3) is 0.267. The maximum atomic E-state index is 9.40. The average Bonchev–Trinajstić information content (AvgIpc) is 2.49. The SMILES string of the molecule is COc1ccc(OCC(CO)c2ccccn2)cc1. The Bertz CT molecular complexity index is 485. The monoisotopic (exact) mass is 259 g/mol. The van der Waals surface area contributed by atoms with E-state index in [0.717, 1.165) is 17.2 Å². The lowest BCUT2D eigenvalue weighted by Crippen LogP contribution is -2.15. The summed E-state index contributed by atoms with van der Waals surface area (Å²) in [5.74, 6) is 1.41. The Morgan fingerprint density at radius 1 is 1.11 bits per heavy atom. The molecular formula is C15H17NO3. The minimum atomic E-state index is -0.122. The van der Waals surface area contributed by atoms with Crippen molar-refractivity contribution in [2.45, 2.75) is 5.92 Å². The molecular weight excluding hydrogens is 242 g/mol. The molecule has 1 aromatic carbocycles. The van der Waals surface area contributed by atoms with Crippen LogP contribution in [0.5, 0.6) is 11.5 Å². The zero-order valence-electron chi connectivity index (χ0n) is 10.8. The molecule has 2 aromatic rings. The zero-order chi connectivity index (χ0) is 13.5. The van der Waals surface area contributed by atoms with Gasteiger partial charge < -0.3 is 14.6 Å². The van der Waals surface area contributed by atoms with E-state index in [0.29, 0.717) is 6.61 Å². The maximum absolute atomic E-state index is 9.40. The molecule has 19 heavy (non-hydrogen) atoms. The van der Waals surface area contributed by atoms with Gasteiger partial charge in [0.15, 0.2) is 0 Å². The molecule has 0 aliphatic heterocycles. The second-order valence-corrected chi connectivity index (χ2v) is 4.12. The summed E-state index contributed by atoms with van der Waals surface area (Å²) in [6.07, 6.45) is 1.71. The maximum Gasteiger partial charge on any atom is 0.119 e. The number of hydrogen-bond acceptors (Lipinski definition) is 4. The molecule has 0 saturated carbocycles. The molecule has 2 rings (SSSR count). The van der Waals surface area contributed by atoms with Gasteiger partial charge in [0, 0.05) is 11.9 Å². The molecule has 4 heteroatoms. The Kier molecular flexibility index (Phi) is 4.75. The highest BCUT2D eigenvalue weighted by atomic mass is 16.5. The van der Waals surface area contributed by atoms with Gasteiger partial charge in [-0.1, -0.05) is 6.07 Å². The summed E-state index contributed by atoms with van der Waals surface area (Å²) in [5, 5.41) is 9.40. The third-order valence-electron chi connectivity index (χ3n) is 2.84. The van der Waals surface area contributed by atoms with E-state index in [2.05, 4.69) is 4.98 Å². The van der Waals surface area contributed by atoms with E-state index in [9.17, 15) is 5.11 Å². The summed E-state index contributed by atoms with van der Waals surface area (Å²) in [6, 6.07) is 13.0. The van der Waals surface area contributed by atoms with Crippen LogP contribution in [0.15, 0.2) is 48.7 Å². The lowest BCUT2D eigenvalue weighted by atomic mass is 10.1. The first kappa shape index (κ1) is 13.4. The van der Waals surface area contributed by atoms with Gasteiger partial charge in [0.05, 0.1) is 26.2 Å². The van der Waals surface area contributed by atoms with Crippen LogP contribution in [-0.4, -0.2) is 30.4 Å². The molecule has 4 nitrogen and oxygen atoms in total. The molecule has 0 radical (unpaired) electrons. The number of ether oxygens (including phenoxy) is 2. The van der Waals surface area contributed by atoms with Crippen molar-refractivity contribution in [2.24, 2.45) is 0 Å². The second-order valence-electron chi connectivity index (χ2n) is 4.12. The van der Waals surface area contributed by atoms with Crippen molar-refractivity contribution < 1.29 is 14.6 Å². The molecule has 1 atom stereocenters. The van der Waals surface area contributed by atoms with E-state index in [1.807, 2.05) is 42.5 Å². The number of rotatable bonds is 6. The minimum Gasteiger partial charge on any atom is -0.497 e. The van der Waals surface area contributed by atoms with Gasteiger partial charge in [-0.2, -0.15) is 0 Å². The molecule has 1 unspecified atom stereocenters. The molecule has 0 fully saturated rings. The summed E-state index contributed by atoms with van der Waals surface area (Å²) in [5.41, 5.74) is 0.832. The standard InChI is InChI=1S/C15H17NO3/c1-18-13-5-7-14(8-6-13)19-11-12(10-17)15-4-2-3-9-16-15/h2-9,12,17H,10-11H2,1H3. The summed E-state index contributed by atoms with van der Waals surface area (Å²) in [6.45, 7) is 0.396. The molecule has 1 N–H and O–H groups in total. The van der Waals surface area contributed by atoms with Crippen LogP contribution in [-0.2, 0) is 0 Å². The van der Waals surface area contributed by atoms with Crippen LogP contribution in [0.3, 0.4) is 0 Å². The van der Waals surface area contributed by atoms with E-state index in [4.69, 9.17) is 9.47 Å². The molecule has 100 valence electrons. The summed E-state index contributed by atoms with van der Waals surface area (Å²) < 4.78 is 10.7. The summed E-state index contributed by atoms with van der Waals surface area (Å²) >= 11 is 0. The number of aromatic nitrogens is 1. The fourth-order valence-corrected chi connectivity index (χ4v) is 1.72. The van der Waals surface area contributed by atoms with Gasteiger partial charge in [0.25, 0.3) is 0 Å². The molecule has 0 saturated heterocycles. The molecule has 0 spiro atoms. The molecule has 0 bridgehead atoms. The Labute approximate surface area is 112 Å². The van der Waals surface area contributed by atoms with Crippen molar-refractivity contribution in [1.29, 1.82) is 0 Å². The highest BCUT2D eigenvalue weighted by molar-refractivity contribution is 5.31. The van der Waals surface area contributed by atoms with E-state index >= 15 is 0 Å². The van der Waals surface area contributed by atoms with Crippen molar-refractivity contribution in [3.63, 3.8) is 0 Å². The van der Waals surface area contributed by atoms with Crippen LogP contribution >= 0.6 is 0 Å². The predicted molar refractivity (Wildman–Crippen MR) is 72.6 cm³/mol. The van der Waals surface area contributed by atoms with Gasteiger partial charge in [-0.25, -0.2) is 0 Å². The van der Waals surface area contributed by atoms with E-state index in [1.165, 1.54) is 0 Å². The van der Waals surface area contributed by atoms with Gasteiger partial charge in [-0.3, -0.25) is 4.98 Å². The number of hydrogen-bond donors (Lipinski definition) is 1. The Morgan fingerprint density at radius 2 is 1.84 bits per heavy atom. The molecule has 1 heterocycles. The van der Waals surface area contributed by atoms with Crippen molar-refractivity contribution in [1.82, 2.24) is 4.98 Å². The fourth-order valence-electron chi connectivity index (χ4n) is 1.72. The Hall–Kier alpha value is -2.07. The molecule has 0 amide bonds. The largest absolute Gasteiger partial charge is 0.497 e. The summed E-state index contributed by atoms with van der Waals surface area (Å²) in [4.78, 5) is 4.23. The van der Waals surface area contributed by atoms with Crippen LogP contribution in [0.1, 0.15) is 11.6 Å². The first-order chi connectivity index (χ1) is 9.33. The molecule has 1 aromatic heterocycles. The first-order valence-electron chi connectivity index (χ1n) is 6.12. The third kappa shape index (κ3) is 3.69. The minimum absolute atomic E-state index is 0.00711. The van der Waals surface area contributed by atoms with E-state index < -0.39 is 0 Å². The van der Waals surface area contributed by atoms with Crippen LogP contribution in [0.25, 0.3) is 0 Å². The number of nitrogens with zero attached hydrogens (tertiary/aromatic N) is 1. The second kappa shape index (κ2) is 6.75. The van der Waals surface area contributed by atoms with Crippen LogP contribution < -0.4 is 9.47 Å². The Morgan fingerprint density at radius 3 is 2.42 bits per heavy atom. The van der Waals surface area contributed by atoms with Gasteiger partial charge in [-0.05, 0) is 36.4 Å². The third-order valence-corrected chi connectivity index (χ3v) is 2.84. The number of benzene rings is 1. The quantitative estimate of drug-likeness (QED) is 0.864. The van der Waals surface area contributed by atoms with Crippen molar-refractivity contribution in [3.8, 4) is 11.5 Å². The van der Waals surface area contributed by atoms with Gasteiger partial charge in [-0.15, -0.1) is 0 Å². The van der Waals surface area contributed by atoms with Crippen LogP contribution in [0, 0.1) is 0 Å². The number of aliphatic hydroxyl groups is 1. The van der Waals surface area contributed by atoms with Crippen LogP contribution in [0.2, 0.25) is 0 Å². The van der Waals surface area contributed by atoms with Gasteiger partial charge in [0.1, 0.15) is 11.5 Å². The topological polar surface area (TPSA) is 51.6 Å². The van der Waals surface area contributed by atoms with Gasteiger partial charge in [0.2, 0.25) is 0 Å². The zero-order valence-corrected chi connectivity index (χ0v) is 10.8. The van der Waals surface area contributed by atoms with E-state index in [1.54, 1.807) is 13.3 Å². The van der Waals surface area contributed by atoms with Crippen molar-refractivity contribution in [3.05, 3.63) is 54.4 Å². The normalized spacial score (nSPS) is 11.9. The van der Waals surface area contributed by atoms with E-state index in [-0.39, 0.29) is 12.5 Å². The molecule has 0 aliphatic carbocycles. The first-order valence-corrected chi connectivity index (χ1v) is 6.12. The highest BCUT2D eigenvalue weighted by Crippen LogP contribution is 2.19. The van der Waals surface area contributed by atoms with Crippen molar-refractivity contribution in [2.75, 3.05) is 20.3 Å². The lowest BCUT2D eigenvalue weighted by molar-refractivity contribution is 0.202. The van der Waals surface area contributed by atoms with Crippen LogP contribution in [0.4, 0.5) is 0 Å². The highest BCUT2D eigenvalue weighted by Gasteiger charge is 2.12. The number of pyridine rings is 1. The van der Waals surface area contributed by atoms with Gasteiger partial charge >= 0.3 is 0 Å². The smallest absolute Gasteiger partial charge is 0.119 e.